The fourth-order valence-corrected chi connectivity index (χ4v) is 3.43. The molecule has 0 spiro atoms. The molecule has 0 aliphatic heterocycles. The van der Waals surface area contributed by atoms with Crippen LogP contribution in [0.15, 0.2) is 18.2 Å². The summed E-state index contributed by atoms with van der Waals surface area (Å²) in [5.41, 5.74) is 11.1. The second kappa shape index (κ2) is 4.13. The number of hydrogen-bond donors (Lipinski definition) is 1. The number of nitrogens with two attached hydrogens (primary N) is 1. The molecule has 0 bridgehead atoms. The van der Waals surface area contributed by atoms with Crippen LogP contribution in [0, 0.1) is 19.3 Å². The smallest absolute Gasteiger partial charge is 0.0417 e. The molecule has 1 aromatic carbocycles. The van der Waals surface area contributed by atoms with Gasteiger partial charge in [-0.3, -0.25) is 0 Å². The van der Waals surface area contributed by atoms with Crippen LogP contribution in [-0.2, 0) is 5.54 Å². The largest absolute Gasteiger partial charge is 0.321 e. The van der Waals surface area contributed by atoms with E-state index in [0.717, 1.165) is 12.8 Å². The van der Waals surface area contributed by atoms with Crippen molar-refractivity contribution in [3.05, 3.63) is 34.9 Å². The van der Waals surface area contributed by atoms with Gasteiger partial charge in [0.05, 0.1) is 0 Å². The fraction of sp³-hybridized carbons (Fsp3) is 0.625. The van der Waals surface area contributed by atoms with Gasteiger partial charge in [0.2, 0.25) is 0 Å². The van der Waals surface area contributed by atoms with Crippen molar-refractivity contribution >= 4 is 0 Å². The van der Waals surface area contributed by atoms with Crippen LogP contribution < -0.4 is 5.73 Å². The summed E-state index contributed by atoms with van der Waals surface area (Å²) in [5.74, 6) is 0. The lowest BCUT2D eigenvalue weighted by Gasteiger charge is -2.43. The zero-order chi connectivity index (χ0) is 12.7. The maximum Gasteiger partial charge on any atom is 0.0417 e. The predicted octanol–water partition coefficient (Wildman–Crippen LogP) is 4.06. The minimum absolute atomic E-state index is 0.113. The number of benzene rings is 1. The molecule has 2 rings (SSSR count). The monoisotopic (exact) mass is 231 g/mol. The Labute approximate surface area is 105 Å². The minimum Gasteiger partial charge on any atom is -0.321 e. The quantitative estimate of drug-likeness (QED) is 0.775. The molecular formula is C16H25N. The van der Waals surface area contributed by atoms with E-state index >= 15 is 0 Å². The van der Waals surface area contributed by atoms with Crippen molar-refractivity contribution in [1.82, 2.24) is 0 Å². The van der Waals surface area contributed by atoms with Gasteiger partial charge >= 0.3 is 0 Å². The van der Waals surface area contributed by atoms with Gasteiger partial charge in [0.25, 0.3) is 0 Å². The van der Waals surface area contributed by atoms with Gasteiger partial charge in [0.15, 0.2) is 0 Å². The van der Waals surface area contributed by atoms with Gasteiger partial charge in [-0.15, -0.1) is 0 Å². The Bertz CT molecular complexity index is 420. The van der Waals surface area contributed by atoms with Crippen LogP contribution in [0.4, 0.5) is 0 Å². The summed E-state index contributed by atoms with van der Waals surface area (Å²) in [5, 5.41) is 0. The minimum atomic E-state index is -0.113. The lowest BCUT2D eigenvalue weighted by Crippen LogP contribution is -2.44. The van der Waals surface area contributed by atoms with Crippen LogP contribution in [0.25, 0.3) is 0 Å². The highest BCUT2D eigenvalue weighted by atomic mass is 14.8. The Morgan fingerprint density at radius 1 is 1.12 bits per heavy atom. The van der Waals surface area contributed by atoms with Crippen LogP contribution in [0.3, 0.4) is 0 Å². The lowest BCUT2D eigenvalue weighted by molar-refractivity contribution is 0.150. The summed E-state index contributed by atoms with van der Waals surface area (Å²) in [7, 11) is 0. The first-order valence-electron chi connectivity index (χ1n) is 6.70. The Hall–Kier alpha value is -0.820. The Morgan fingerprint density at radius 3 is 2.47 bits per heavy atom. The van der Waals surface area contributed by atoms with Gasteiger partial charge < -0.3 is 5.73 Å². The van der Waals surface area contributed by atoms with Gasteiger partial charge in [-0.25, -0.2) is 0 Å². The third-order valence-electron chi connectivity index (χ3n) is 4.41. The number of aryl methyl sites for hydroxylation is 1. The van der Waals surface area contributed by atoms with E-state index in [9.17, 15) is 0 Å². The molecule has 2 N–H and O–H groups in total. The van der Waals surface area contributed by atoms with E-state index in [2.05, 4.69) is 45.9 Å². The molecule has 1 aromatic rings. The standard InChI is InChI=1S/C16H25N/c1-12-7-5-8-14(13(12)2)16(17)10-6-9-15(3,4)11-16/h5,7-8H,6,9-11,17H2,1-4H3. The van der Waals surface area contributed by atoms with E-state index in [0.29, 0.717) is 5.41 Å². The van der Waals surface area contributed by atoms with Gasteiger partial charge in [-0.05, 0) is 55.2 Å². The van der Waals surface area contributed by atoms with Crippen LogP contribution >= 0.6 is 0 Å². The van der Waals surface area contributed by atoms with E-state index in [-0.39, 0.29) is 5.54 Å². The normalized spacial score (nSPS) is 28.1. The summed E-state index contributed by atoms with van der Waals surface area (Å²) in [6.45, 7) is 9.08. The summed E-state index contributed by atoms with van der Waals surface area (Å²) < 4.78 is 0. The summed E-state index contributed by atoms with van der Waals surface area (Å²) in [6, 6.07) is 6.55. The molecule has 1 atom stereocenters. The first-order valence-corrected chi connectivity index (χ1v) is 6.70. The molecule has 1 unspecified atom stereocenters. The van der Waals surface area contributed by atoms with E-state index in [4.69, 9.17) is 5.73 Å². The van der Waals surface area contributed by atoms with Crippen LogP contribution in [0.1, 0.15) is 56.2 Å². The molecule has 0 heterocycles. The van der Waals surface area contributed by atoms with Gasteiger partial charge in [0, 0.05) is 5.54 Å². The van der Waals surface area contributed by atoms with Crippen molar-refractivity contribution in [3.8, 4) is 0 Å². The predicted molar refractivity (Wildman–Crippen MR) is 74.0 cm³/mol. The Morgan fingerprint density at radius 2 is 1.82 bits per heavy atom. The molecule has 1 fully saturated rings. The van der Waals surface area contributed by atoms with Crippen LogP contribution in [0.2, 0.25) is 0 Å². The SMILES string of the molecule is Cc1cccc(C2(N)CCCC(C)(C)C2)c1C. The first-order chi connectivity index (χ1) is 7.84. The molecule has 1 saturated carbocycles. The van der Waals surface area contributed by atoms with Gasteiger partial charge in [-0.2, -0.15) is 0 Å². The molecule has 94 valence electrons. The van der Waals surface area contributed by atoms with E-state index in [1.807, 2.05) is 0 Å². The van der Waals surface area contributed by atoms with Crippen molar-refractivity contribution in [1.29, 1.82) is 0 Å². The summed E-state index contributed by atoms with van der Waals surface area (Å²) in [4.78, 5) is 0. The summed E-state index contributed by atoms with van der Waals surface area (Å²) >= 11 is 0. The van der Waals surface area contributed by atoms with Gasteiger partial charge in [-0.1, -0.05) is 38.5 Å². The zero-order valence-electron chi connectivity index (χ0n) is 11.6. The fourth-order valence-electron chi connectivity index (χ4n) is 3.43. The molecule has 17 heavy (non-hydrogen) atoms. The second-order valence-corrected chi connectivity index (χ2v) is 6.60. The zero-order valence-corrected chi connectivity index (χ0v) is 11.6. The van der Waals surface area contributed by atoms with Crippen LogP contribution in [-0.4, -0.2) is 0 Å². The van der Waals surface area contributed by atoms with Crippen molar-refractivity contribution in [2.24, 2.45) is 11.1 Å². The lowest BCUT2D eigenvalue weighted by atomic mass is 9.65. The third kappa shape index (κ3) is 2.40. The van der Waals surface area contributed by atoms with E-state index < -0.39 is 0 Å². The average molecular weight is 231 g/mol. The topological polar surface area (TPSA) is 26.0 Å². The average Bonchev–Trinajstić information content (AvgIpc) is 2.20. The van der Waals surface area contributed by atoms with Crippen molar-refractivity contribution < 1.29 is 0 Å². The van der Waals surface area contributed by atoms with Crippen molar-refractivity contribution in [3.63, 3.8) is 0 Å². The van der Waals surface area contributed by atoms with E-state index in [1.165, 1.54) is 29.5 Å². The molecule has 1 nitrogen and oxygen atoms in total. The Balaban J connectivity index is 2.41. The molecule has 1 heteroatoms. The Kier molecular flexibility index (Phi) is 3.07. The molecule has 1 aliphatic carbocycles. The van der Waals surface area contributed by atoms with Gasteiger partial charge in [0.1, 0.15) is 0 Å². The highest BCUT2D eigenvalue weighted by molar-refractivity contribution is 5.38. The molecule has 0 radical (unpaired) electrons. The molecule has 0 aromatic heterocycles. The third-order valence-corrected chi connectivity index (χ3v) is 4.41. The molecular weight excluding hydrogens is 206 g/mol. The molecule has 0 saturated heterocycles. The van der Waals surface area contributed by atoms with Crippen molar-refractivity contribution in [2.45, 2.75) is 58.9 Å². The second-order valence-electron chi connectivity index (χ2n) is 6.60. The maximum atomic E-state index is 6.73. The summed E-state index contributed by atoms with van der Waals surface area (Å²) in [6.07, 6.45) is 4.78. The highest BCUT2D eigenvalue weighted by Crippen LogP contribution is 2.45. The first kappa shape index (κ1) is 12.6. The van der Waals surface area contributed by atoms with E-state index in [1.54, 1.807) is 0 Å². The van der Waals surface area contributed by atoms with Crippen LogP contribution in [0.5, 0.6) is 0 Å². The highest BCUT2D eigenvalue weighted by Gasteiger charge is 2.38. The maximum absolute atomic E-state index is 6.73. The van der Waals surface area contributed by atoms with Crippen molar-refractivity contribution in [2.75, 3.05) is 0 Å². The molecule has 0 amide bonds. The number of rotatable bonds is 1. The number of hydrogen-bond acceptors (Lipinski definition) is 1. The molecule has 1 aliphatic rings.